The first-order valence-electron chi connectivity index (χ1n) is 11.9. The zero-order chi connectivity index (χ0) is 22.1. The Labute approximate surface area is 211 Å². The average Bonchev–Trinajstić information content (AvgIpc) is 2.80. The van der Waals surface area contributed by atoms with Gasteiger partial charge in [-0.3, -0.25) is 9.89 Å². The van der Waals surface area contributed by atoms with E-state index in [2.05, 4.69) is 46.4 Å². The zero-order valence-corrected chi connectivity index (χ0v) is 22.6. The summed E-state index contributed by atoms with van der Waals surface area (Å²) in [6.07, 6.45) is 6.16. The Kier molecular flexibility index (Phi) is 11.7. The first-order chi connectivity index (χ1) is 15.1. The third kappa shape index (κ3) is 7.86. The summed E-state index contributed by atoms with van der Waals surface area (Å²) < 4.78 is 10.9. The van der Waals surface area contributed by atoms with E-state index in [1.54, 1.807) is 14.2 Å². The van der Waals surface area contributed by atoms with Crippen LogP contribution in [0.25, 0.3) is 0 Å². The number of likely N-dealkylation sites (tertiary alicyclic amines) is 1. The highest BCUT2D eigenvalue weighted by Gasteiger charge is 2.21. The minimum Gasteiger partial charge on any atom is -0.497 e. The summed E-state index contributed by atoms with van der Waals surface area (Å²) >= 11 is 0. The monoisotopic (exact) mass is 559 g/mol. The van der Waals surface area contributed by atoms with Gasteiger partial charge in [0.15, 0.2) is 5.96 Å². The van der Waals surface area contributed by atoms with Crippen molar-refractivity contribution < 1.29 is 9.47 Å². The molecule has 0 bridgehead atoms. The number of piperidine rings is 2. The van der Waals surface area contributed by atoms with E-state index in [4.69, 9.17) is 14.5 Å². The Bertz CT molecular complexity index is 687. The molecule has 1 aromatic rings. The van der Waals surface area contributed by atoms with Gasteiger partial charge in [0.2, 0.25) is 0 Å². The Balaban J connectivity index is 0.00000363. The van der Waals surface area contributed by atoms with Crippen molar-refractivity contribution in [3.05, 3.63) is 18.2 Å². The number of ether oxygens (including phenoxy) is 2. The van der Waals surface area contributed by atoms with Crippen molar-refractivity contribution in [1.82, 2.24) is 15.5 Å². The number of hydrogen-bond acceptors (Lipinski definition) is 5. The maximum Gasteiger partial charge on any atom is 0.191 e. The third-order valence-corrected chi connectivity index (χ3v) is 6.48. The standard InChI is InChI=1S/C24H41N5O2.HI/c1-5-25-24(26-11-15-28-12-7-6-8-19(28)2)27-20-9-13-29(14-10-20)21-16-22(30-3)18-23(17-21)31-4;/h16-20H,5-15H2,1-4H3,(H2,25,26,27);1H. The van der Waals surface area contributed by atoms with Crippen LogP contribution >= 0.6 is 24.0 Å². The van der Waals surface area contributed by atoms with Gasteiger partial charge in [0, 0.05) is 62.1 Å². The molecule has 7 nitrogen and oxygen atoms in total. The lowest BCUT2D eigenvalue weighted by Gasteiger charge is -2.35. The van der Waals surface area contributed by atoms with E-state index in [0.717, 1.165) is 68.7 Å². The lowest BCUT2D eigenvalue weighted by molar-refractivity contribution is 0.166. The van der Waals surface area contributed by atoms with Crippen LogP contribution in [-0.2, 0) is 0 Å². The summed E-state index contributed by atoms with van der Waals surface area (Å²) in [6.45, 7) is 10.5. The maximum absolute atomic E-state index is 5.43. The van der Waals surface area contributed by atoms with Crippen LogP contribution in [0.4, 0.5) is 5.69 Å². The number of benzene rings is 1. The van der Waals surface area contributed by atoms with Crippen LogP contribution in [-0.4, -0.2) is 76.4 Å². The molecule has 2 fully saturated rings. The fourth-order valence-corrected chi connectivity index (χ4v) is 4.55. The lowest BCUT2D eigenvalue weighted by Crippen LogP contribution is -2.49. The summed E-state index contributed by atoms with van der Waals surface area (Å²) in [5.41, 5.74) is 1.16. The van der Waals surface area contributed by atoms with Crippen molar-refractivity contribution in [2.75, 3.05) is 58.4 Å². The topological polar surface area (TPSA) is 61.4 Å². The van der Waals surface area contributed by atoms with Crippen molar-refractivity contribution >= 4 is 35.6 Å². The zero-order valence-electron chi connectivity index (χ0n) is 20.2. The van der Waals surface area contributed by atoms with Crippen molar-refractivity contribution in [3.8, 4) is 11.5 Å². The summed E-state index contributed by atoms with van der Waals surface area (Å²) in [6, 6.07) is 7.23. The van der Waals surface area contributed by atoms with Gasteiger partial charge in [-0.05, 0) is 46.1 Å². The summed E-state index contributed by atoms with van der Waals surface area (Å²) in [4.78, 5) is 9.85. The highest BCUT2D eigenvalue weighted by molar-refractivity contribution is 14.0. The molecule has 182 valence electrons. The number of guanidine groups is 1. The molecule has 1 atom stereocenters. The van der Waals surface area contributed by atoms with E-state index in [0.29, 0.717) is 12.1 Å². The number of anilines is 1. The molecule has 0 radical (unpaired) electrons. The molecule has 0 aliphatic carbocycles. The van der Waals surface area contributed by atoms with Gasteiger partial charge in [-0.25, -0.2) is 0 Å². The predicted molar refractivity (Wildman–Crippen MR) is 144 cm³/mol. The number of hydrogen-bond donors (Lipinski definition) is 2. The van der Waals surface area contributed by atoms with Crippen molar-refractivity contribution in [2.45, 2.75) is 58.0 Å². The molecule has 0 spiro atoms. The van der Waals surface area contributed by atoms with Gasteiger partial charge >= 0.3 is 0 Å². The van der Waals surface area contributed by atoms with E-state index in [1.165, 1.54) is 25.8 Å². The van der Waals surface area contributed by atoms with Crippen LogP contribution in [0.3, 0.4) is 0 Å². The second-order valence-corrected chi connectivity index (χ2v) is 8.62. The molecule has 32 heavy (non-hydrogen) atoms. The molecule has 2 saturated heterocycles. The summed E-state index contributed by atoms with van der Waals surface area (Å²) in [7, 11) is 3.39. The van der Waals surface area contributed by atoms with Crippen molar-refractivity contribution in [2.24, 2.45) is 4.99 Å². The maximum atomic E-state index is 5.43. The second-order valence-electron chi connectivity index (χ2n) is 8.62. The molecule has 2 aliphatic rings. The molecule has 0 amide bonds. The Morgan fingerprint density at radius 3 is 2.31 bits per heavy atom. The molecule has 2 heterocycles. The number of nitrogens with zero attached hydrogens (tertiary/aromatic N) is 3. The molecule has 0 saturated carbocycles. The van der Waals surface area contributed by atoms with Gasteiger partial charge in [-0.1, -0.05) is 6.42 Å². The van der Waals surface area contributed by atoms with E-state index in [-0.39, 0.29) is 24.0 Å². The molecule has 3 rings (SSSR count). The van der Waals surface area contributed by atoms with Crippen LogP contribution in [0.5, 0.6) is 11.5 Å². The largest absolute Gasteiger partial charge is 0.497 e. The van der Waals surface area contributed by atoms with Crippen molar-refractivity contribution in [1.29, 1.82) is 0 Å². The van der Waals surface area contributed by atoms with Crippen LogP contribution in [0, 0.1) is 0 Å². The predicted octanol–water partition coefficient (Wildman–Crippen LogP) is 3.72. The molecular weight excluding hydrogens is 517 g/mol. The van der Waals surface area contributed by atoms with Gasteiger partial charge < -0.3 is 25.0 Å². The normalized spacial score (nSPS) is 20.4. The van der Waals surface area contributed by atoms with Crippen LogP contribution in [0.2, 0.25) is 0 Å². The SMILES string of the molecule is CCNC(=NCCN1CCCCC1C)NC1CCN(c2cc(OC)cc(OC)c2)CC1.I. The molecule has 1 unspecified atom stereocenters. The van der Waals surface area contributed by atoms with E-state index < -0.39 is 0 Å². The molecule has 1 aromatic carbocycles. The Hall–Kier alpha value is -1.42. The van der Waals surface area contributed by atoms with E-state index in [9.17, 15) is 0 Å². The first kappa shape index (κ1) is 26.8. The van der Waals surface area contributed by atoms with Crippen molar-refractivity contribution in [3.63, 3.8) is 0 Å². The van der Waals surface area contributed by atoms with Gasteiger partial charge in [0.1, 0.15) is 11.5 Å². The van der Waals surface area contributed by atoms with Crippen LogP contribution < -0.4 is 25.0 Å². The minimum absolute atomic E-state index is 0. The molecule has 0 aromatic heterocycles. The molecule has 8 heteroatoms. The third-order valence-electron chi connectivity index (χ3n) is 6.48. The summed E-state index contributed by atoms with van der Waals surface area (Å²) in [5.74, 6) is 2.62. The quantitative estimate of drug-likeness (QED) is 0.288. The number of aliphatic imine (C=N–C) groups is 1. The Morgan fingerprint density at radius 1 is 1.03 bits per heavy atom. The van der Waals surface area contributed by atoms with E-state index in [1.807, 2.05) is 6.07 Å². The average molecular weight is 560 g/mol. The number of rotatable bonds is 8. The number of halogens is 1. The highest BCUT2D eigenvalue weighted by atomic mass is 127. The minimum atomic E-state index is 0. The Morgan fingerprint density at radius 2 is 1.72 bits per heavy atom. The fourth-order valence-electron chi connectivity index (χ4n) is 4.55. The number of methoxy groups -OCH3 is 2. The number of nitrogens with one attached hydrogen (secondary N) is 2. The highest BCUT2D eigenvalue weighted by Crippen LogP contribution is 2.30. The molecule has 2 N–H and O–H groups in total. The first-order valence-corrected chi connectivity index (χ1v) is 11.9. The van der Waals surface area contributed by atoms with Gasteiger partial charge in [0.25, 0.3) is 0 Å². The fraction of sp³-hybridized carbons (Fsp3) is 0.708. The van der Waals surface area contributed by atoms with Gasteiger partial charge in [0.05, 0.1) is 20.8 Å². The van der Waals surface area contributed by atoms with Gasteiger partial charge in [-0.2, -0.15) is 0 Å². The van der Waals surface area contributed by atoms with E-state index >= 15 is 0 Å². The molecule has 2 aliphatic heterocycles. The second kappa shape index (κ2) is 14.0. The smallest absolute Gasteiger partial charge is 0.191 e. The van der Waals surface area contributed by atoms with Gasteiger partial charge in [-0.15, -0.1) is 24.0 Å². The van der Waals surface area contributed by atoms with Crippen LogP contribution in [0.1, 0.15) is 46.0 Å². The lowest BCUT2D eigenvalue weighted by atomic mass is 10.0. The van der Waals surface area contributed by atoms with Crippen LogP contribution in [0.15, 0.2) is 23.2 Å². The molecular formula is C24H42IN5O2. The summed E-state index contributed by atoms with van der Waals surface area (Å²) in [5, 5.41) is 7.09.